The lowest BCUT2D eigenvalue weighted by Gasteiger charge is -2.32. The normalized spacial score (nSPS) is 15.2. The predicted octanol–water partition coefficient (Wildman–Crippen LogP) is 4.33. The van der Waals surface area contributed by atoms with Crippen molar-refractivity contribution < 1.29 is 4.92 Å². The molecule has 2 aromatic carbocycles. The fourth-order valence-electron chi connectivity index (χ4n) is 2.93. The van der Waals surface area contributed by atoms with Crippen LogP contribution in [-0.2, 0) is 6.42 Å². The van der Waals surface area contributed by atoms with Gasteiger partial charge in [0.2, 0.25) is 0 Å². The third kappa shape index (κ3) is 3.07. The molecule has 0 saturated heterocycles. The molecule has 5 heteroatoms. The van der Waals surface area contributed by atoms with E-state index < -0.39 is 0 Å². The van der Waals surface area contributed by atoms with Crippen LogP contribution >= 0.6 is 11.6 Å². The van der Waals surface area contributed by atoms with Gasteiger partial charge in [-0.15, -0.1) is 11.6 Å². The van der Waals surface area contributed by atoms with Gasteiger partial charge in [0.1, 0.15) is 0 Å². The first-order chi connectivity index (χ1) is 10.6. The van der Waals surface area contributed by atoms with Gasteiger partial charge in [0.15, 0.2) is 0 Å². The van der Waals surface area contributed by atoms with E-state index in [1.165, 1.54) is 17.3 Å². The smallest absolute Gasteiger partial charge is 0.269 e. The summed E-state index contributed by atoms with van der Waals surface area (Å²) in [4.78, 5) is 12.8. The van der Waals surface area contributed by atoms with Crippen LogP contribution in [0.25, 0.3) is 0 Å². The summed E-state index contributed by atoms with van der Waals surface area (Å²) in [6.07, 6.45) is 2.20. The number of para-hydroxylation sites is 1. The maximum atomic E-state index is 10.9. The number of hydrogen-bond acceptors (Lipinski definition) is 3. The quantitative estimate of drug-likeness (QED) is 0.479. The first-order valence-electron chi connectivity index (χ1n) is 7.36. The molecule has 4 nitrogen and oxygen atoms in total. The molecule has 114 valence electrons. The molecule has 1 atom stereocenters. The van der Waals surface area contributed by atoms with E-state index in [1.807, 2.05) is 12.1 Å². The number of rotatable bonds is 4. The highest BCUT2D eigenvalue weighted by Gasteiger charge is 2.20. The number of nitrogens with zero attached hydrogens (tertiary/aromatic N) is 2. The van der Waals surface area contributed by atoms with E-state index in [0.29, 0.717) is 6.54 Å². The van der Waals surface area contributed by atoms with E-state index in [4.69, 9.17) is 11.6 Å². The summed E-state index contributed by atoms with van der Waals surface area (Å²) in [5, 5.41) is 10.6. The fourth-order valence-corrected chi connectivity index (χ4v) is 3.24. The van der Waals surface area contributed by atoms with Crippen molar-refractivity contribution >= 4 is 23.0 Å². The summed E-state index contributed by atoms with van der Waals surface area (Å²) >= 11 is 6.52. The van der Waals surface area contributed by atoms with Crippen LogP contribution in [0.1, 0.15) is 22.9 Å². The zero-order valence-electron chi connectivity index (χ0n) is 12.1. The van der Waals surface area contributed by atoms with Crippen molar-refractivity contribution in [3.8, 4) is 0 Å². The highest BCUT2D eigenvalue weighted by Crippen LogP contribution is 2.31. The molecule has 0 radical (unpaired) electrons. The summed E-state index contributed by atoms with van der Waals surface area (Å²) in [5.74, 6) is 0. The number of nitro groups is 1. The van der Waals surface area contributed by atoms with Gasteiger partial charge in [-0.25, -0.2) is 0 Å². The minimum Gasteiger partial charge on any atom is -0.369 e. The monoisotopic (exact) mass is 316 g/mol. The third-order valence-corrected chi connectivity index (χ3v) is 4.42. The second kappa shape index (κ2) is 6.36. The zero-order chi connectivity index (χ0) is 15.5. The van der Waals surface area contributed by atoms with Gasteiger partial charge in [-0.2, -0.15) is 0 Å². The minimum absolute atomic E-state index is 0.0854. The van der Waals surface area contributed by atoms with Crippen molar-refractivity contribution in [1.82, 2.24) is 0 Å². The van der Waals surface area contributed by atoms with E-state index in [0.717, 1.165) is 24.9 Å². The minimum atomic E-state index is -0.386. The lowest BCUT2D eigenvalue weighted by Crippen LogP contribution is -2.32. The van der Waals surface area contributed by atoms with Gasteiger partial charge in [-0.3, -0.25) is 10.1 Å². The number of anilines is 1. The van der Waals surface area contributed by atoms with Crippen molar-refractivity contribution in [3.05, 3.63) is 69.8 Å². The zero-order valence-corrected chi connectivity index (χ0v) is 12.9. The maximum Gasteiger partial charge on any atom is 0.269 e. The lowest BCUT2D eigenvalue weighted by molar-refractivity contribution is -0.384. The third-order valence-electron chi connectivity index (χ3n) is 4.03. The molecule has 0 amide bonds. The number of hydrogen-bond donors (Lipinski definition) is 0. The Balaban J connectivity index is 1.79. The molecule has 0 saturated carbocycles. The van der Waals surface area contributed by atoms with Gasteiger partial charge in [0.05, 0.1) is 10.3 Å². The Hall–Kier alpha value is -2.07. The molecule has 1 aliphatic rings. The average molecular weight is 317 g/mol. The molecule has 3 rings (SSSR count). The van der Waals surface area contributed by atoms with Gasteiger partial charge in [0.25, 0.3) is 5.69 Å². The summed E-state index contributed by atoms with van der Waals surface area (Å²) in [6, 6.07) is 14.9. The van der Waals surface area contributed by atoms with Crippen LogP contribution in [-0.4, -0.2) is 18.0 Å². The second-order valence-corrected chi connectivity index (χ2v) is 6.02. The molecule has 22 heavy (non-hydrogen) atoms. The average Bonchev–Trinajstić information content (AvgIpc) is 2.55. The topological polar surface area (TPSA) is 46.4 Å². The second-order valence-electron chi connectivity index (χ2n) is 5.50. The highest BCUT2D eigenvalue weighted by molar-refractivity contribution is 6.21. The Bertz CT molecular complexity index is 690. The number of nitro benzene ring substituents is 1. The van der Waals surface area contributed by atoms with E-state index in [-0.39, 0.29) is 16.0 Å². The van der Waals surface area contributed by atoms with E-state index in [9.17, 15) is 10.1 Å². The maximum absolute atomic E-state index is 10.9. The molecule has 1 unspecified atom stereocenters. The Labute approximate surface area is 134 Å². The van der Waals surface area contributed by atoms with Crippen LogP contribution in [0, 0.1) is 10.1 Å². The van der Waals surface area contributed by atoms with Gasteiger partial charge < -0.3 is 4.90 Å². The predicted molar refractivity (Wildman–Crippen MR) is 88.7 cm³/mol. The van der Waals surface area contributed by atoms with Crippen LogP contribution in [0.4, 0.5) is 11.4 Å². The summed E-state index contributed by atoms with van der Waals surface area (Å²) in [6.45, 7) is 1.62. The number of alkyl halides is 1. The largest absolute Gasteiger partial charge is 0.369 e. The molecule has 0 bridgehead atoms. The Morgan fingerprint density at radius 3 is 2.86 bits per heavy atom. The van der Waals surface area contributed by atoms with Crippen molar-refractivity contribution in [1.29, 1.82) is 0 Å². The van der Waals surface area contributed by atoms with Crippen molar-refractivity contribution in [3.63, 3.8) is 0 Å². The number of aryl methyl sites for hydroxylation is 1. The Morgan fingerprint density at radius 1 is 1.23 bits per heavy atom. The molecule has 2 aromatic rings. The SMILES string of the molecule is O=[N+]([O-])c1cccc(C(Cl)CN2CCCc3ccccc32)c1. The highest BCUT2D eigenvalue weighted by atomic mass is 35.5. The summed E-state index contributed by atoms with van der Waals surface area (Å²) < 4.78 is 0. The van der Waals surface area contributed by atoms with Gasteiger partial charge >= 0.3 is 0 Å². The molecule has 0 aliphatic carbocycles. The van der Waals surface area contributed by atoms with Crippen molar-refractivity contribution in [2.75, 3.05) is 18.0 Å². The molecular formula is C17H17ClN2O2. The Morgan fingerprint density at radius 2 is 2.05 bits per heavy atom. The van der Waals surface area contributed by atoms with Gasteiger partial charge in [-0.1, -0.05) is 30.3 Å². The number of non-ortho nitro benzene ring substituents is 1. The Kier molecular flexibility index (Phi) is 4.29. The first kappa shape index (κ1) is 14.9. The number of halogens is 1. The molecule has 1 heterocycles. The summed E-state index contributed by atoms with van der Waals surface area (Å²) in [5.41, 5.74) is 3.45. The van der Waals surface area contributed by atoms with Crippen LogP contribution in [0.5, 0.6) is 0 Å². The fraction of sp³-hybridized carbons (Fsp3) is 0.294. The van der Waals surface area contributed by atoms with E-state index in [1.54, 1.807) is 12.1 Å². The molecule has 0 N–H and O–H groups in total. The summed E-state index contributed by atoms with van der Waals surface area (Å²) in [7, 11) is 0. The van der Waals surface area contributed by atoms with Crippen LogP contribution in [0.3, 0.4) is 0 Å². The van der Waals surface area contributed by atoms with Crippen LogP contribution in [0.2, 0.25) is 0 Å². The van der Waals surface area contributed by atoms with Crippen molar-refractivity contribution in [2.24, 2.45) is 0 Å². The number of benzene rings is 2. The molecular weight excluding hydrogens is 300 g/mol. The van der Waals surface area contributed by atoms with E-state index in [2.05, 4.69) is 23.1 Å². The van der Waals surface area contributed by atoms with Crippen molar-refractivity contribution in [2.45, 2.75) is 18.2 Å². The lowest BCUT2D eigenvalue weighted by atomic mass is 10.0. The standard InChI is InChI=1S/C17H17ClN2O2/c18-16(14-6-3-8-15(11-14)20(21)22)12-19-10-4-7-13-5-1-2-9-17(13)19/h1-3,5-6,8-9,11,16H,4,7,10,12H2. The van der Waals surface area contributed by atoms with Crippen LogP contribution < -0.4 is 4.90 Å². The molecule has 1 aliphatic heterocycles. The first-order valence-corrected chi connectivity index (χ1v) is 7.80. The van der Waals surface area contributed by atoms with Crippen LogP contribution in [0.15, 0.2) is 48.5 Å². The number of fused-ring (bicyclic) bond motifs is 1. The molecule has 0 aromatic heterocycles. The molecule has 0 spiro atoms. The van der Waals surface area contributed by atoms with E-state index >= 15 is 0 Å². The molecule has 0 fully saturated rings. The van der Waals surface area contributed by atoms with Gasteiger partial charge in [0, 0.05) is 30.9 Å². The van der Waals surface area contributed by atoms with Gasteiger partial charge in [-0.05, 0) is 30.0 Å².